The Morgan fingerprint density at radius 2 is 1.40 bits per heavy atom. The first-order valence-electron chi connectivity index (χ1n) is 11.7. The van der Waals surface area contributed by atoms with Gasteiger partial charge in [-0.3, -0.25) is 10.1 Å². The lowest BCUT2D eigenvalue weighted by atomic mass is 9.92. The smallest absolute Gasteiger partial charge is 0.411 e. The van der Waals surface area contributed by atoms with Crippen molar-refractivity contribution in [3.63, 3.8) is 0 Å². The van der Waals surface area contributed by atoms with E-state index < -0.39 is 23.5 Å². The Kier molecular flexibility index (Phi) is 6.87. The number of anilines is 1. The van der Waals surface area contributed by atoms with Gasteiger partial charge in [0.1, 0.15) is 12.1 Å². The Labute approximate surface area is 204 Å². The molecule has 0 heterocycles. The van der Waals surface area contributed by atoms with E-state index in [1.54, 1.807) is 32.0 Å². The molecule has 3 aromatic rings. The molecule has 0 saturated heterocycles. The molecule has 0 radical (unpaired) electrons. The van der Waals surface area contributed by atoms with Crippen molar-refractivity contribution >= 4 is 23.7 Å². The van der Waals surface area contributed by atoms with Gasteiger partial charge in [-0.05, 0) is 47.2 Å². The van der Waals surface area contributed by atoms with Crippen LogP contribution in [0.1, 0.15) is 54.1 Å². The second-order valence-corrected chi connectivity index (χ2v) is 8.54. The maximum atomic E-state index is 13.0. The van der Waals surface area contributed by atoms with Crippen LogP contribution in [0.3, 0.4) is 0 Å². The van der Waals surface area contributed by atoms with E-state index >= 15 is 0 Å². The highest BCUT2D eigenvalue weighted by molar-refractivity contribution is 6.04. The van der Waals surface area contributed by atoms with E-state index in [-0.39, 0.29) is 36.6 Å². The van der Waals surface area contributed by atoms with Gasteiger partial charge < -0.3 is 15.2 Å². The van der Waals surface area contributed by atoms with Gasteiger partial charge in [0.25, 0.3) is 5.91 Å². The minimum Gasteiger partial charge on any atom is -0.480 e. The topological polar surface area (TPSA) is 105 Å². The van der Waals surface area contributed by atoms with Crippen LogP contribution in [-0.4, -0.2) is 35.2 Å². The summed E-state index contributed by atoms with van der Waals surface area (Å²) in [6, 6.07) is 22.6. The second kappa shape index (κ2) is 10.0. The number of nitrogens with one attached hydrogen (secondary N) is 2. The fraction of sp³-hybridized carbons (Fsp3) is 0.250. The van der Waals surface area contributed by atoms with Gasteiger partial charge in [0.15, 0.2) is 0 Å². The third-order valence-corrected chi connectivity index (χ3v) is 6.72. The summed E-state index contributed by atoms with van der Waals surface area (Å²) in [6.45, 7) is 3.56. The van der Waals surface area contributed by atoms with Gasteiger partial charge in [0.05, 0.1) is 11.3 Å². The fourth-order valence-corrected chi connectivity index (χ4v) is 4.60. The Morgan fingerprint density at radius 1 is 0.857 bits per heavy atom. The lowest BCUT2D eigenvalue weighted by Crippen LogP contribution is -2.53. The number of aliphatic carboxylic acids is 1. The molecule has 0 unspecified atom stereocenters. The third kappa shape index (κ3) is 4.62. The minimum absolute atomic E-state index is 0.0861. The van der Waals surface area contributed by atoms with Gasteiger partial charge in [-0.2, -0.15) is 0 Å². The van der Waals surface area contributed by atoms with Gasteiger partial charge in [-0.1, -0.05) is 74.5 Å². The number of rotatable bonds is 8. The summed E-state index contributed by atoms with van der Waals surface area (Å²) in [6.07, 6.45) is -0.235. The van der Waals surface area contributed by atoms with Crippen LogP contribution in [0.15, 0.2) is 72.8 Å². The van der Waals surface area contributed by atoms with Crippen molar-refractivity contribution in [2.75, 3.05) is 11.9 Å². The highest BCUT2D eigenvalue weighted by Crippen LogP contribution is 2.44. The number of fused-ring (bicyclic) bond motifs is 3. The summed E-state index contributed by atoms with van der Waals surface area (Å²) in [5, 5.41) is 14.9. The predicted octanol–water partition coefficient (Wildman–Crippen LogP) is 5.42. The number of amides is 2. The molecule has 3 N–H and O–H groups in total. The summed E-state index contributed by atoms with van der Waals surface area (Å²) >= 11 is 0. The van der Waals surface area contributed by atoms with Gasteiger partial charge in [-0.25, -0.2) is 9.59 Å². The summed E-state index contributed by atoms with van der Waals surface area (Å²) < 4.78 is 5.58. The van der Waals surface area contributed by atoms with Crippen LogP contribution in [0.2, 0.25) is 0 Å². The summed E-state index contributed by atoms with van der Waals surface area (Å²) in [7, 11) is 0. The summed E-state index contributed by atoms with van der Waals surface area (Å²) in [4.78, 5) is 37.5. The number of hydrogen-bond donors (Lipinski definition) is 3. The molecule has 3 aromatic carbocycles. The third-order valence-electron chi connectivity index (χ3n) is 6.72. The van der Waals surface area contributed by atoms with Gasteiger partial charge >= 0.3 is 12.1 Å². The van der Waals surface area contributed by atoms with E-state index in [1.807, 2.05) is 36.4 Å². The largest absolute Gasteiger partial charge is 0.480 e. The van der Waals surface area contributed by atoms with Crippen LogP contribution < -0.4 is 10.6 Å². The maximum Gasteiger partial charge on any atom is 0.411 e. The van der Waals surface area contributed by atoms with Crippen molar-refractivity contribution in [2.45, 2.75) is 38.1 Å². The number of ether oxygens (including phenoxy) is 1. The number of carboxylic acids is 1. The molecule has 180 valence electrons. The van der Waals surface area contributed by atoms with Crippen LogP contribution in [0.25, 0.3) is 11.1 Å². The Hall–Kier alpha value is -4.13. The van der Waals surface area contributed by atoms with Gasteiger partial charge in [-0.15, -0.1) is 0 Å². The molecule has 1 aliphatic carbocycles. The zero-order chi connectivity index (χ0) is 25.0. The number of para-hydroxylation sites is 1. The highest BCUT2D eigenvalue weighted by Gasteiger charge is 2.37. The molecule has 0 aliphatic heterocycles. The molecule has 0 bridgehead atoms. The fourth-order valence-electron chi connectivity index (χ4n) is 4.60. The standard InChI is InChI=1S/C28H28N2O5/c1-3-28(4-2,26(32)33)30-25(31)22-15-9-10-16-24(22)29-27(34)35-17-23-20-13-7-5-11-18(20)19-12-6-8-14-21(19)23/h5-16,23H,3-4,17H2,1-2H3,(H,29,34)(H,30,31)(H,32,33). The predicted molar refractivity (Wildman–Crippen MR) is 134 cm³/mol. The van der Waals surface area contributed by atoms with Crippen molar-refractivity contribution in [3.8, 4) is 11.1 Å². The number of carbonyl (C=O) groups excluding carboxylic acids is 2. The van der Waals surface area contributed by atoms with Crippen LogP contribution in [0, 0.1) is 0 Å². The van der Waals surface area contributed by atoms with Crippen molar-refractivity contribution in [1.29, 1.82) is 0 Å². The quantitative estimate of drug-likeness (QED) is 0.406. The van der Waals surface area contributed by atoms with Crippen LogP contribution in [0.5, 0.6) is 0 Å². The van der Waals surface area contributed by atoms with Gasteiger partial charge in [0.2, 0.25) is 0 Å². The number of carboxylic acid groups (broad SMARTS) is 1. The van der Waals surface area contributed by atoms with Crippen LogP contribution in [0.4, 0.5) is 10.5 Å². The molecule has 0 aromatic heterocycles. The monoisotopic (exact) mass is 472 g/mol. The SMILES string of the molecule is CCC(CC)(NC(=O)c1ccccc1NC(=O)OCC1c2ccccc2-c2ccccc21)C(=O)O. The van der Waals surface area contributed by atoms with E-state index in [1.165, 1.54) is 6.07 Å². The average molecular weight is 473 g/mol. The molecule has 0 fully saturated rings. The van der Waals surface area contributed by atoms with Crippen molar-refractivity contribution in [2.24, 2.45) is 0 Å². The second-order valence-electron chi connectivity index (χ2n) is 8.54. The molecule has 35 heavy (non-hydrogen) atoms. The van der Waals surface area contributed by atoms with Crippen molar-refractivity contribution < 1.29 is 24.2 Å². The molecule has 0 atom stereocenters. The Bertz CT molecular complexity index is 1220. The molecule has 0 spiro atoms. The molecule has 7 nitrogen and oxygen atoms in total. The first-order valence-corrected chi connectivity index (χ1v) is 11.7. The van der Waals surface area contributed by atoms with E-state index in [0.717, 1.165) is 22.3 Å². The number of benzene rings is 3. The van der Waals surface area contributed by atoms with Gasteiger partial charge in [0, 0.05) is 5.92 Å². The number of carbonyl (C=O) groups is 3. The van der Waals surface area contributed by atoms with E-state index in [2.05, 4.69) is 22.8 Å². The first-order chi connectivity index (χ1) is 16.9. The Balaban J connectivity index is 1.48. The lowest BCUT2D eigenvalue weighted by Gasteiger charge is -2.28. The Morgan fingerprint density at radius 3 is 1.97 bits per heavy atom. The molecule has 1 aliphatic rings. The van der Waals surface area contributed by atoms with E-state index in [9.17, 15) is 19.5 Å². The average Bonchev–Trinajstić information content (AvgIpc) is 3.20. The molecule has 2 amide bonds. The number of hydrogen-bond acceptors (Lipinski definition) is 4. The molecule has 7 heteroatoms. The molecule has 0 saturated carbocycles. The zero-order valence-corrected chi connectivity index (χ0v) is 19.7. The highest BCUT2D eigenvalue weighted by atomic mass is 16.5. The van der Waals surface area contributed by atoms with Crippen LogP contribution in [-0.2, 0) is 9.53 Å². The maximum absolute atomic E-state index is 13.0. The van der Waals surface area contributed by atoms with E-state index in [0.29, 0.717) is 0 Å². The summed E-state index contributed by atoms with van der Waals surface area (Å²) in [5.41, 5.74) is 3.49. The first kappa shape index (κ1) is 24.0. The summed E-state index contributed by atoms with van der Waals surface area (Å²) in [5.74, 6) is -1.76. The van der Waals surface area contributed by atoms with Crippen molar-refractivity contribution in [3.05, 3.63) is 89.5 Å². The minimum atomic E-state index is -1.38. The van der Waals surface area contributed by atoms with Crippen LogP contribution >= 0.6 is 0 Å². The van der Waals surface area contributed by atoms with Crippen molar-refractivity contribution in [1.82, 2.24) is 5.32 Å². The zero-order valence-electron chi connectivity index (χ0n) is 19.7. The molecular weight excluding hydrogens is 444 g/mol. The molecule has 4 rings (SSSR count). The van der Waals surface area contributed by atoms with E-state index in [4.69, 9.17) is 4.74 Å². The molecular formula is C28H28N2O5. The lowest BCUT2D eigenvalue weighted by molar-refractivity contribution is -0.144. The normalized spacial score (nSPS) is 12.4.